The molecule has 2 aromatic rings. The largest absolute Gasteiger partial charge is 0.484 e. The number of halogens is 2. The van der Waals surface area contributed by atoms with Crippen molar-refractivity contribution in [1.29, 1.82) is 0 Å². The fourth-order valence-corrected chi connectivity index (χ4v) is 1.86. The van der Waals surface area contributed by atoms with E-state index in [0.29, 0.717) is 17.1 Å². The molecule has 0 saturated carbocycles. The highest BCUT2D eigenvalue weighted by atomic mass is 35.5. The van der Waals surface area contributed by atoms with Gasteiger partial charge in [0.1, 0.15) is 24.5 Å². The minimum Gasteiger partial charge on any atom is -0.484 e. The quantitative estimate of drug-likeness (QED) is 0.630. The molecule has 110 valence electrons. The van der Waals surface area contributed by atoms with Crippen LogP contribution in [0.15, 0.2) is 24.5 Å². The first-order chi connectivity index (χ1) is 10.2. The highest BCUT2D eigenvalue weighted by molar-refractivity contribution is 6.19. The molecule has 0 bridgehead atoms. The normalized spacial score (nSPS) is 10.0. The molecule has 6 heteroatoms. The van der Waals surface area contributed by atoms with Crippen LogP contribution in [0.2, 0.25) is 0 Å². The molecule has 2 rings (SSSR count). The topological polar surface area (TPSA) is 39.9 Å². The molecule has 0 aliphatic carbocycles. The molecule has 4 nitrogen and oxygen atoms in total. The molecule has 0 spiro atoms. The zero-order valence-corrected chi connectivity index (χ0v) is 12.4. The number of nitrogens with zero attached hydrogens (tertiary/aromatic N) is 3. The Morgan fingerprint density at radius 1 is 1.43 bits per heavy atom. The smallest absolute Gasteiger partial charge is 0.164 e. The Labute approximate surface area is 127 Å². The molecule has 0 amide bonds. The van der Waals surface area contributed by atoms with E-state index in [0.717, 1.165) is 13.0 Å². The summed E-state index contributed by atoms with van der Waals surface area (Å²) in [5, 5.41) is 4.11. The van der Waals surface area contributed by atoms with Gasteiger partial charge in [-0.3, -0.25) is 0 Å². The van der Waals surface area contributed by atoms with E-state index in [1.165, 1.54) is 18.5 Å². The molecular weight excluding hydrogens is 293 g/mol. The number of aromatic nitrogens is 3. The van der Waals surface area contributed by atoms with Gasteiger partial charge in [0, 0.05) is 12.6 Å². The van der Waals surface area contributed by atoms with Crippen LogP contribution in [0.25, 0.3) is 0 Å². The maximum absolute atomic E-state index is 13.3. The van der Waals surface area contributed by atoms with Crippen LogP contribution in [0, 0.1) is 17.7 Å². The lowest BCUT2D eigenvalue weighted by atomic mass is 10.2. The molecule has 0 N–H and O–H groups in total. The van der Waals surface area contributed by atoms with Gasteiger partial charge in [0.15, 0.2) is 5.82 Å². The van der Waals surface area contributed by atoms with Gasteiger partial charge in [0.2, 0.25) is 0 Å². The lowest BCUT2D eigenvalue weighted by Gasteiger charge is -2.09. The van der Waals surface area contributed by atoms with Crippen molar-refractivity contribution in [3.05, 3.63) is 41.7 Å². The van der Waals surface area contributed by atoms with E-state index in [1.807, 2.05) is 0 Å². The number of benzene rings is 1. The van der Waals surface area contributed by atoms with E-state index in [2.05, 4.69) is 28.8 Å². The highest BCUT2D eigenvalue weighted by Crippen LogP contribution is 2.20. The standard InChI is InChI=1S/C15H15ClFN3O/c1-2-8-20-15(18-11-19-20)10-21-14-9-13(17)6-5-12(14)4-3-7-16/h5-6,9,11H,2,7-8,10H2,1H3. The van der Waals surface area contributed by atoms with E-state index in [9.17, 15) is 4.39 Å². The molecule has 0 fully saturated rings. The second-order valence-electron chi connectivity index (χ2n) is 4.26. The van der Waals surface area contributed by atoms with Gasteiger partial charge in [-0.05, 0) is 18.6 Å². The second kappa shape index (κ2) is 7.65. The fourth-order valence-electron chi connectivity index (χ4n) is 1.79. The summed E-state index contributed by atoms with van der Waals surface area (Å²) in [6.45, 7) is 3.03. The fraction of sp³-hybridized carbons (Fsp3) is 0.333. The minimum atomic E-state index is -0.378. The predicted molar refractivity (Wildman–Crippen MR) is 78.6 cm³/mol. The van der Waals surface area contributed by atoms with Crippen molar-refractivity contribution < 1.29 is 9.13 Å². The Morgan fingerprint density at radius 3 is 3.05 bits per heavy atom. The molecule has 1 heterocycles. The molecular formula is C15H15ClFN3O. The van der Waals surface area contributed by atoms with Gasteiger partial charge < -0.3 is 4.74 Å². The predicted octanol–water partition coefficient (Wildman–Crippen LogP) is 3.00. The SMILES string of the molecule is CCCn1ncnc1COc1cc(F)ccc1C#CCCl. The highest BCUT2D eigenvalue weighted by Gasteiger charge is 2.08. The van der Waals surface area contributed by atoms with Crippen molar-refractivity contribution in [2.75, 3.05) is 5.88 Å². The van der Waals surface area contributed by atoms with Crippen LogP contribution in [0.5, 0.6) is 5.75 Å². The van der Waals surface area contributed by atoms with Crippen LogP contribution in [0.1, 0.15) is 24.7 Å². The second-order valence-corrected chi connectivity index (χ2v) is 4.53. The van der Waals surface area contributed by atoms with E-state index in [1.54, 1.807) is 10.7 Å². The third-order valence-corrected chi connectivity index (χ3v) is 2.86. The zero-order chi connectivity index (χ0) is 15.1. The maximum atomic E-state index is 13.3. The number of ether oxygens (including phenoxy) is 1. The molecule has 0 radical (unpaired) electrons. The molecule has 0 aliphatic heterocycles. The van der Waals surface area contributed by atoms with Crippen LogP contribution in [-0.2, 0) is 13.2 Å². The Bertz CT molecular complexity index is 660. The summed E-state index contributed by atoms with van der Waals surface area (Å²) in [4.78, 5) is 4.14. The van der Waals surface area contributed by atoms with Crippen molar-refractivity contribution in [2.24, 2.45) is 0 Å². The third kappa shape index (κ3) is 4.20. The Morgan fingerprint density at radius 2 is 2.29 bits per heavy atom. The molecule has 0 saturated heterocycles. The van der Waals surface area contributed by atoms with Gasteiger partial charge in [-0.1, -0.05) is 18.8 Å². The number of alkyl halides is 1. The lowest BCUT2D eigenvalue weighted by molar-refractivity contribution is 0.284. The van der Waals surface area contributed by atoms with Gasteiger partial charge in [0.05, 0.1) is 11.4 Å². The molecule has 21 heavy (non-hydrogen) atoms. The molecule has 0 atom stereocenters. The minimum absolute atomic E-state index is 0.207. The van der Waals surface area contributed by atoms with E-state index in [-0.39, 0.29) is 18.3 Å². The van der Waals surface area contributed by atoms with E-state index in [4.69, 9.17) is 16.3 Å². The molecule has 0 aliphatic rings. The summed E-state index contributed by atoms with van der Waals surface area (Å²) < 4.78 is 20.8. The van der Waals surface area contributed by atoms with Gasteiger partial charge in [0.25, 0.3) is 0 Å². The van der Waals surface area contributed by atoms with Crippen LogP contribution < -0.4 is 4.74 Å². The van der Waals surface area contributed by atoms with Gasteiger partial charge in [-0.15, -0.1) is 11.6 Å². The van der Waals surface area contributed by atoms with Crippen molar-refractivity contribution in [3.63, 3.8) is 0 Å². The molecule has 1 aromatic carbocycles. The van der Waals surface area contributed by atoms with Crippen LogP contribution in [-0.4, -0.2) is 20.6 Å². The Balaban J connectivity index is 2.15. The van der Waals surface area contributed by atoms with Crippen molar-refractivity contribution in [1.82, 2.24) is 14.8 Å². The molecule has 1 aromatic heterocycles. The van der Waals surface area contributed by atoms with Gasteiger partial charge >= 0.3 is 0 Å². The summed E-state index contributed by atoms with van der Waals surface area (Å²) in [6.07, 6.45) is 2.43. The van der Waals surface area contributed by atoms with Gasteiger partial charge in [-0.2, -0.15) is 5.10 Å². The zero-order valence-electron chi connectivity index (χ0n) is 11.6. The summed E-state index contributed by atoms with van der Waals surface area (Å²) in [5.41, 5.74) is 0.596. The summed E-state index contributed by atoms with van der Waals surface area (Å²) in [5.74, 6) is 6.47. The average molecular weight is 308 g/mol. The number of hydrogen-bond acceptors (Lipinski definition) is 3. The van der Waals surface area contributed by atoms with Crippen molar-refractivity contribution in [2.45, 2.75) is 26.5 Å². The first kappa shape index (κ1) is 15.3. The van der Waals surface area contributed by atoms with Crippen LogP contribution >= 0.6 is 11.6 Å². The maximum Gasteiger partial charge on any atom is 0.164 e. The summed E-state index contributed by atoms with van der Waals surface area (Å²) >= 11 is 5.54. The number of hydrogen-bond donors (Lipinski definition) is 0. The number of aryl methyl sites for hydroxylation is 1. The van der Waals surface area contributed by atoms with Gasteiger partial charge in [-0.25, -0.2) is 14.1 Å². The Kier molecular flexibility index (Phi) is 5.59. The lowest BCUT2D eigenvalue weighted by Crippen LogP contribution is -2.09. The monoisotopic (exact) mass is 307 g/mol. The van der Waals surface area contributed by atoms with E-state index < -0.39 is 0 Å². The van der Waals surface area contributed by atoms with Crippen molar-refractivity contribution in [3.8, 4) is 17.6 Å². The van der Waals surface area contributed by atoms with E-state index >= 15 is 0 Å². The average Bonchev–Trinajstić information content (AvgIpc) is 2.92. The molecule has 0 unspecified atom stereocenters. The third-order valence-electron chi connectivity index (χ3n) is 2.72. The summed E-state index contributed by atoms with van der Waals surface area (Å²) in [7, 11) is 0. The van der Waals surface area contributed by atoms with Crippen LogP contribution in [0.3, 0.4) is 0 Å². The number of rotatable bonds is 5. The summed E-state index contributed by atoms with van der Waals surface area (Å²) in [6, 6.07) is 4.21. The first-order valence-electron chi connectivity index (χ1n) is 6.58. The first-order valence-corrected chi connectivity index (χ1v) is 7.12. The van der Waals surface area contributed by atoms with Crippen molar-refractivity contribution >= 4 is 11.6 Å². The Hall–Kier alpha value is -2.06. The van der Waals surface area contributed by atoms with Crippen LogP contribution in [0.4, 0.5) is 4.39 Å².